The quantitative estimate of drug-likeness (QED) is 0.0752. The first-order valence-electron chi connectivity index (χ1n) is 50.5. The molecule has 2 aliphatic rings. The van der Waals surface area contributed by atoms with Crippen LogP contribution in [-0.2, 0) is 55.1 Å². The van der Waals surface area contributed by atoms with Crippen LogP contribution in [0.2, 0.25) is 0 Å². The molecular formula is C115H102BN5. The predicted octanol–water partition coefficient (Wildman–Crippen LogP) is 27.9. The van der Waals surface area contributed by atoms with Gasteiger partial charge in [-0.25, -0.2) is 0 Å². The molecule has 4 heterocycles. The van der Waals surface area contributed by atoms with E-state index in [1.54, 1.807) is 39.8 Å². The van der Waals surface area contributed by atoms with E-state index < -0.39 is 85.3 Å². The number of hydrogen-bond acceptors (Lipinski definition) is 3. The molecule has 590 valence electrons. The highest BCUT2D eigenvalue weighted by molar-refractivity contribution is 7.00. The zero-order chi connectivity index (χ0) is 97.0. The maximum Gasteiger partial charge on any atom is 0.252 e. The Morgan fingerprint density at radius 2 is 0.719 bits per heavy atom. The van der Waals surface area contributed by atoms with Crippen LogP contribution >= 0.6 is 0 Å². The highest BCUT2D eigenvalue weighted by atomic mass is 15.2. The third kappa shape index (κ3) is 14.5. The van der Waals surface area contributed by atoms with Gasteiger partial charge in [0, 0.05) is 110 Å². The van der Waals surface area contributed by atoms with Crippen molar-refractivity contribution in [1.82, 2.24) is 9.13 Å². The van der Waals surface area contributed by atoms with Gasteiger partial charge in [-0.2, -0.15) is 0 Å². The van der Waals surface area contributed by atoms with E-state index in [4.69, 9.17) is 9.60 Å². The van der Waals surface area contributed by atoms with E-state index in [1.165, 1.54) is 11.1 Å². The Hall–Kier alpha value is -13.4. The molecule has 0 radical (unpaired) electrons. The minimum Gasteiger partial charge on any atom is -0.342 e. The molecule has 0 amide bonds. The average molecular weight is 1580 g/mol. The largest absolute Gasteiger partial charge is 0.342 e. The summed E-state index contributed by atoms with van der Waals surface area (Å²) in [6, 6.07) is 86.4. The summed E-state index contributed by atoms with van der Waals surface area (Å²) in [7, 11) is 0. The Morgan fingerprint density at radius 3 is 1.26 bits per heavy atom. The van der Waals surface area contributed by atoms with E-state index in [1.807, 2.05) is 47.0 Å². The van der Waals surface area contributed by atoms with Crippen LogP contribution in [0.3, 0.4) is 0 Å². The SMILES string of the molecule is [2H]c1c([2H])c([2H])c(N(c2ccccc2)c2ccc3c(c2)c2c([2H])c([2H])c([2H])c([2H])c2n3CCc2cc3c4c(c2)N(Cc2c(-c5ccccc5)cc(C(C)(C)C)cc2-c2ccccc2)c2cc(CCn5c6c([2H])c([2H])c([2H])c([2H])c6c6c([2H])c([2H])c([2H])c([2H])c65)ccc2B4c2ccc(-c4cc(C(C)(C)C)cc(C(C)(C)C)c4)cc2N3CCc2cc(-c3ccccc3)cc(-c3ccccc3)c2)c([2H])c1[2H]. The summed E-state index contributed by atoms with van der Waals surface area (Å²) in [5, 5.41) is 0.729. The number of para-hydroxylation sites is 5. The number of nitrogens with zero attached hydrogens (tertiary/aromatic N) is 5. The van der Waals surface area contributed by atoms with Gasteiger partial charge in [0.25, 0.3) is 6.71 Å². The smallest absolute Gasteiger partial charge is 0.252 e. The first kappa shape index (κ1) is 59.3. The molecule has 20 rings (SSSR count). The molecule has 6 heteroatoms. The van der Waals surface area contributed by atoms with Crippen LogP contribution in [0.4, 0.5) is 39.8 Å². The van der Waals surface area contributed by atoms with Gasteiger partial charge in [-0.1, -0.05) is 341 Å². The standard InChI is InChI=1S/C115H102BN5/c1-113(2,3)89-70-88(71-90(73-89)114(4,5)6)85-53-56-103-109(72-85)119(63-59-79-64-86(81-34-16-10-17-35-81)69-87(65-79)82-36-18-11-19-37-82)110-67-80(60-62-118-106-51-33-30-48-97(106)100-76-94(54-57-107(100)118)121(92-42-24-14-25-43-92)93-44-26-15-27-45-93)68-111-112(110)116(103)102-55-52-78(58-61-117-104-49-31-28-46-95(104)96-47-29-32-50-105(96)117)66-108(102)120(111)77-101-98(83-38-20-12-21-39-83)74-91(115(7,8)9)75-99(101)84-40-22-13-23-41-84/h10-57,64-76H,58-63,77H2,1-9H3/i14D,24D,25D,28D,29D,30D,31D,32D,33D,42D,43D,46D,47D,48D,49D,50D,51D. The van der Waals surface area contributed by atoms with Crippen LogP contribution in [0, 0.1) is 0 Å². The van der Waals surface area contributed by atoms with Crippen molar-refractivity contribution in [2.45, 2.75) is 117 Å². The predicted molar refractivity (Wildman–Crippen MR) is 518 cm³/mol. The second kappa shape index (κ2) is 31.1. The van der Waals surface area contributed by atoms with Crippen LogP contribution in [-0.4, -0.2) is 22.4 Å². The highest BCUT2D eigenvalue weighted by Crippen LogP contribution is 2.48. The maximum atomic E-state index is 10.1. The highest BCUT2D eigenvalue weighted by Gasteiger charge is 2.44. The van der Waals surface area contributed by atoms with Gasteiger partial charge in [0.05, 0.1) is 23.3 Å². The number of aromatic nitrogens is 2. The monoisotopic (exact) mass is 1580 g/mol. The van der Waals surface area contributed by atoms with Gasteiger partial charge in [0.1, 0.15) is 0 Å². The summed E-state index contributed by atoms with van der Waals surface area (Å²) in [6.45, 7) is 20.8. The number of fused-ring (bicyclic) bond motifs is 10. The van der Waals surface area contributed by atoms with E-state index in [0.29, 0.717) is 35.2 Å². The Kier molecular flexibility index (Phi) is 15.2. The lowest BCUT2D eigenvalue weighted by atomic mass is 9.33. The molecule has 2 aliphatic heterocycles. The van der Waals surface area contributed by atoms with Gasteiger partial charge < -0.3 is 23.8 Å². The van der Waals surface area contributed by atoms with Gasteiger partial charge >= 0.3 is 0 Å². The molecule has 2 aromatic heterocycles. The molecule has 0 bridgehead atoms. The van der Waals surface area contributed by atoms with Crippen molar-refractivity contribution in [2.24, 2.45) is 0 Å². The number of benzene rings is 16. The Morgan fingerprint density at radius 1 is 0.289 bits per heavy atom. The van der Waals surface area contributed by atoms with Gasteiger partial charge in [0.15, 0.2) is 0 Å². The fourth-order valence-corrected chi connectivity index (χ4v) is 18.3. The topological polar surface area (TPSA) is 19.6 Å². The first-order chi connectivity index (χ1) is 65.9. The Labute approximate surface area is 738 Å². The van der Waals surface area contributed by atoms with Crippen molar-refractivity contribution in [3.8, 4) is 55.6 Å². The molecule has 0 fully saturated rings. The lowest BCUT2D eigenvalue weighted by Crippen LogP contribution is -2.62. The van der Waals surface area contributed by atoms with Crippen molar-refractivity contribution in [2.75, 3.05) is 21.2 Å². The molecule has 0 saturated carbocycles. The summed E-state index contributed by atoms with van der Waals surface area (Å²) < 4.78 is 162. The number of aryl methyl sites for hydroxylation is 4. The summed E-state index contributed by atoms with van der Waals surface area (Å²) in [5.74, 6) is 0. The van der Waals surface area contributed by atoms with Gasteiger partial charge in [-0.3, -0.25) is 0 Å². The maximum absolute atomic E-state index is 10.1. The minimum atomic E-state index is -0.549. The molecule has 0 N–H and O–H groups in total. The van der Waals surface area contributed by atoms with Crippen LogP contribution in [0.15, 0.2) is 370 Å². The van der Waals surface area contributed by atoms with Crippen molar-refractivity contribution in [1.29, 1.82) is 0 Å². The number of anilines is 7. The average Bonchev–Trinajstić information content (AvgIpc) is 1.02. The molecule has 0 atom stereocenters. The normalized spacial score (nSPS) is 14.7. The summed E-state index contributed by atoms with van der Waals surface area (Å²) >= 11 is 0. The minimum absolute atomic E-state index is 0.0171. The van der Waals surface area contributed by atoms with Crippen LogP contribution in [0.25, 0.3) is 99.2 Å². The van der Waals surface area contributed by atoms with Gasteiger partial charge in [0.2, 0.25) is 0 Å². The first-order valence-corrected chi connectivity index (χ1v) is 42.0. The van der Waals surface area contributed by atoms with Gasteiger partial charge in [-0.05, 0) is 237 Å². The molecule has 0 saturated heterocycles. The number of hydrogen-bond donors (Lipinski definition) is 0. The van der Waals surface area contributed by atoms with Crippen molar-refractivity contribution < 1.29 is 23.3 Å². The van der Waals surface area contributed by atoms with Crippen LogP contribution in [0.5, 0.6) is 0 Å². The van der Waals surface area contributed by atoms with E-state index >= 15 is 0 Å². The third-order valence-corrected chi connectivity index (χ3v) is 24.7. The molecule has 121 heavy (non-hydrogen) atoms. The second-order valence-electron chi connectivity index (χ2n) is 35.4. The summed E-state index contributed by atoms with van der Waals surface area (Å²) in [4.78, 5) is 6.65. The van der Waals surface area contributed by atoms with E-state index in [9.17, 15) is 13.7 Å². The molecule has 5 nitrogen and oxygen atoms in total. The zero-order valence-electron chi connectivity index (χ0n) is 86.7. The van der Waals surface area contributed by atoms with E-state index in [0.717, 1.165) is 123 Å². The van der Waals surface area contributed by atoms with Crippen LogP contribution in [0.1, 0.15) is 125 Å². The molecule has 0 spiro atoms. The van der Waals surface area contributed by atoms with Crippen molar-refractivity contribution in [3.63, 3.8) is 0 Å². The lowest BCUT2D eigenvalue weighted by molar-refractivity contribution is 0.569. The molecule has 0 unspecified atom stereocenters. The van der Waals surface area contributed by atoms with E-state index in [2.05, 4.69) is 266 Å². The van der Waals surface area contributed by atoms with E-state index in [-0.39, 0.29) is 111 Å². The second-order valence-corrected chi connectivity index (χ2v) is 35.4. The molecular weight excluding hydrogens is 1460 g/mol. The summed E-state index contributed by atoms with van der Waals surface area (Å²) in [6.07, 6.45) is 1.09. The molecule has 0 aliphatic carbocycles. The Bertz CT molecular complexity index is 7770. The van der Waals surface area contributed by atoms with Crippen molar-refractivity contribution >= 4 is 107 Å². The van der Waals surface area contributed by atoms with Crippen molar-refractivity contribution in [3.05, 3.63) is 409 Å². The summed E-state index contributed by atoms with van der Waals surface area (Å²) in [5.41, 5.74) is 25.8. The Balaban J connectivity index is 0.864. The fraction of sp³-hybridized carbons (Fsp3) is 0.165. The van der Waals surface area contributed by atoms with Crippen LogP contribution < -0.4 is 31.1 Å². The zero-order valence-corrected chi connectivity index (χ0v) is 69.7. The third-order valence-electron chi connectivity index (χ3n) is 24.7. The fourth-order valence-electron chi connectivity index (χ4n) is 18.3. The molecule has 18 aromatic rings. The van der Waals surface area contributed by atoms with Gasteiger partial charge in [-0.15, -0.1) is 0 Å². The lowest BCUT2D eigenvalue weighted by Gasteiger charge is -2.45. The molecule has 16 aromatic carbocycles. The number of rotatable bonds is 19.